The molecule has 0 aliphatic heterocycles. The largest absolute Gasteiger partial charge is 0.349 e. The van der Waals surface area contributed by atoms with E-state index in [-0.39, 0.29) is 23.9 Å². The highest BCUT2D eigenvalue weighted by Gasteiger charge is 2.28. The number of carbonyl (C=O) groups is 2. The molecule has 29 heavy (non-hydrogen) atoms. The van der Waals surface area contributed by atoms with Gasteiger partial charge in [-0.2, -0.15) is 5.10 Å². The van der Waals surface area contributed by atoms with E-state index in [9.17, 15) is 9.59 Å². The zero-order chi connectivity index (χ0) is 20.2. The molecule has 0 radical (unpaired) electrons. The summed E-state index contributed by atoms with van der Waals surface area (Å²) >= 11 is 0. The average Bonchev–Trinajstić information content (AvgIpc) is 3.35. The Morgan fingerprint density at radius 3 is 2.41 bits per heavy atom. The highest BCUT2D eigenvalue weighted by Crippen LogP contribution is 2.21. The van der Waals surface area contributed by atoms with Crippen LogP contribution in [0, 0.1) is 6.92 Å². The van der Waals surface area contributed by atoms with Gasteiger partial charge in [-0.25, -0.2) is 9.67 Å². The molecule has 148 valence electrons. The number of aromatic nitrogens is 4. The second-order valence-electron chi connectivity index (χ2n) is 7.13. The number of hydrogen-bond donors (Lipinski definition) is 2. The molecule has 0 bridgehead atoms. The van der Waals surface area contributed by atoms with Gasteiger partial charge in [0.15, 0.2) is 5.82 Å². The van der Waals surface area contributed by atoms with Gasteiger partial charge in [-0.05, 0) is 50.5 Å². The van der Waals surface area contributed by atoms with Gasteiger partial charge in [0.05, 0.1) is 17.5 Å². The van der Waals surface area contributed by atoms with Crippen LogP contribution in [0.3, 0.4) is 0 Å². The van der Waals surface area contributed by atoms with Crippen molar-refractivity contribution in [1.29, 1.82) is 0 Å². The Morgan fingerprint density at radius 1 is 1.00 bits per heavy atom. The molecular formula is C21H22N6O2. The van der Waals surface area contributed by atoms with Crippen LogP contribution in [-0.4, -0.2) is 43.6 Å². The first kappa shape index (κ1) is 18.8. The van der Waals surface area contributed by atoms with Crippen LogP contribution in [0.15, 0.2) is 55.1 Å². The second-order valence-corrected chi connectivity index (χ2v) is 7.13. The maximum atomic E-state index is 12.7. The molecule has 1 fully saturated rings. The molecule has 1 aliphatic rings. The monoisotopic (exact) mass is 390 g/mol. The van der Waals surface area contributed by atoms with Crippen molar-refractivity contribution in [2.75, 3.05) is 0 Å². The van der Waals surface area contributed by atoms with Crippen molar-refractivity contribution in [1.82, 2.24) is 30.4 Å². The van der Waals surface area contributed by atoms with Crippen LogP contribution in [0.5, 0.6) is 0 Å². The van der Waals surface area contributed by atoms with Crippen LogP contribution in [-0.2, 0) is 0 Å². The Labute approximate surface area is 168 Å². The molecule has 4 rings (SSSR count). The zero-order valence-corrected chi connectivity index (χ0v) is 16.1. The summed E-state index contributed by atoms with van der Waals surface area (Å²) < 4.78 is 1.65. The maximum absolute atomic E-state index is 12.7. The van der Waals surface area contributed by atoms with Gasteiger partial charge >= 0.3 is 0 Å². The third-order valence-electron chi connectivity index (χ3n) is 5.17. The topological polar surface area (TPSA) is 102 Å². The molecule has 1 saturated carbocycles. The molecule has 8 heteroatoms. The van der Waals surface area contributed by atoms with Gasteiger partial charge in [-0.1, -0.05) is 6.07 Å². The Bertz CT molecular complexity index is 1000. The van der Waals surface area contributed by atoms with Gasteiger partial charge in [0.2, 0.25) is 0 Å². The first-order valence-corrected chi connectivity index (χ1v) is 9.59. The summed E-state index contributed by atoms with van der Waals surface area (Å²) in [6.45, 7) is 1.85. The highest BCUT2D eigenvalue weighted by molar-refractivity contribution is 5.95. The minimum absolute atomic E-state index is 0.0165. The van der Waals surface area contributed by atoms with E-state index in [0.717, 1.165) is 18.5 Å². The average molecular weight is 390 g/mol. The molecule has 3 aromatic rings. The molecule has 0 aromatic carbocycles. The first-order valence-electron chi connectivity index (χ1n) is 9.59. The summed E-state index contributed by atoms with van der Waals surface area (Å²) in [5.41, 5.74) is 1.85. The van der Waals surface area contributed by atoms with Gasteiger partial charge < -0.3 is 10.6 Å². The minimum atomic E-state index is -0.157. The fourth-order valence-corrected chi connectivity index (χ4v) is 3.62. The third-order valence-corrected chi connectivity index (χ3v) is 5.17. The summed E-state index contributed by atoms with van der Waals surface area (Å²) in [7, 11) is 0. The SMILES string of the molecule is Cc1c(C(=O)N[C@@H]2CC[C@H](NC(=O)c3ccncc3)C2)cnn1-c1ccccn1. The molecule has 1 aliphatic carbocycles. The van der Waals surface area contributed by atoms with E-state index in [1.54, 1.807) is 41.6 Å². The molecule has 2 N–H and O–H groups in total. The third kappa shape index (κ3) is 4.16. The molecule has 2 amide bonds. The predicted molar refractivity (Wildman–Crippen MR) is 107 cm³/mol. The Morgan fingerprint density at radius 2 is 1.72 bits per heavy atom. The van der Waals surface area contributed by atoms with E-state index < -0.39 is 0 Å². The number of nitrogens with zero attached hydrogens (tertiary/aromatic N) is 4. The highest BCUT2D eigenvalue weighted by atomic mass is 16.2. The lowest BCUT2D eigenvalue weighted by Crippen LogP contribution is -2.37. The lowest BCUT2D eigenvalue weighted by Gasteiger charge is -2.15. The maximum Gasteiger partial charge on any atom is 0.254 e. The van der Waals surface area contributed by atoms with Crippen LogP contribution in [0.2, 0.25) is 0 Å². The van der Waals surface area contributed by atoms with E-state index in [4.69, 9.17) is 0 Å². The molecule has 3 heterocycles. The smallest absolute Gasteiger partial charge is 0.254 e. The van der Waals surface area contributed by atoms with Crippen molar-refractivity contribution < 1.29 is 9.59 Å². The number of carbonyl (C=O) groups excluding carboxylic acids is 2. The molecule has 8 nitrogen and oxygen atoms in total. The molecule has 0 saturated heterocycles. The fraction of sp³-hybridized carbons (Fsp3) is 0.286. The number of rotatable bonds is 5. The summed E-state index contributed by atoms with van der Waals surface area (Å²) in [5.74, 6) is 0.399. The molecule has 0 spiro atoms. The van der Waals surface area contributed by atoms with Gasteiger partial charge in [-0.3, -0.25) is 14.6 Å². The normalized spacial score (nSPS) is 18.4. The zero-order valence-electron chi connectivity index (χ0n) is 16.1. The van der Waals surface area contributed by atoms with Gasteiger partial charge in [0, 0.05) is 36.2 Å². The van der Waals surface area contributed by atoms with Gasteiger partial charge in [0.1, 0.15) is 0 Å². The molecular weight excluding hydrogens is 368 g/mol. The fourth-order valence-electron chi connectivity index (χ4n) is 3.62. The number of hydrogen-bond acceptors (Lipinski definition) is 5. The minimum Gasteiger partial charge on any atom is -0.349 e. The summed E-state index contributed by atoms with van der Waals surface area (Å²) in [6, 6.07) is 8.98. The van der Waals surface area contributed by atoms with Crippen LogP contribution in [0.1, 0.15) is 45.7 Å². The Hall–Kier alpha value is -3.55. The lowest BCUT2D eigenvalue weighted by molar-refractivity contribution is 0.0936. The summed E-state index contributed by atoms with van der Waals surface area (Å²) in [5, 5.41) is 10.4. The van der Waals surface area contributed by atoms with Crippen LogP contribution >= 0.6 is 0 Å². The molecule has 3 aromatic heterocycles. The standard InChI is InChI=1S/C21H22N6O2/c1-14-18(13-24-27(14)19-4-2-3-9-23-19)21(29)26-17-6-5-16(12-17)25-20(28)15-7-10-22-11-8-15/h2-4,7-11,13,16-17H,5-6,12H2,1H3,(H,25,28)(H,26,29)/t16-,17+/m0/s1. The van der Waals surface area contributed by atoms with Crippen LogP contribution in [0.25, 0.3) is 5.82 Å². The van der Waals surface area contributed by atoms with Crippen molar-refractivity contribution >= 4 is 11.8 Å². The van der Waals surface area contributed by atoms with Gasteiger partial charge in [0.25, 0.3) is 11.8 Å². The lowest BCUT2D eigenvalue weighted by atomic mass is 10.2. The van der Waals surface area contributed by atoms with Crippen molar-refractivity contribution in [3.63, 3.8) is 0 Å². The van der Waals surface area contributed by atoms with Crippen molar-refractivity contribution in [3.05, 3.63) is 71.9 Å². The van der Waals surface area contributed by atoms with Crippen molar-refractivity contribution in [3.8, 4) is 5.82 Å². The van der Waals surface area contributed by atoms with E-state index in [2.05, 4.69) is 25.7 Å². The van der Waals surface area contributed by atoms with E-state index >= 15 is 0 Å². The van der Waals surface area contributed by atoms with Crippen LogP contribution < -0.4 is 10.6 Å². The number of pyridine rings is 2. The predicted octanol–water partition coefficient (Wildman–Crippen LogP) is 2.05. The summed E-state index contributed by atoms with van der Waals surface area (Å²) in [4.78, 5) is 33.2. The summed E-state index contributed by atoms with van der Waals surface area (Å²) in [6.07, 6.45) is 8.80. The number of nitrogens with one attached hydrogen (secondary N) is 2. The number of amides is 2. The second kappa shape index (κ2) is 8.22. The van der Waals surface area contributed by atoms with Crippen molar-refractivity contribution in [2.24, 2.45) is 0 Å². The quantitative estimate of drug-likeness (QED) is 0.694. The first-order chi connectivity index (χ1) is 14.1. The van der Waals surface area contributed by atoms with Crippen LogP contribution in [0.4, 0.5) is 0 Å². The molecule has 2 atom stereocenters. The van der Waals surface area contributed by atoms with Gasteiger partial charge in [-0.15, -0.1) is 0 Å². The van der Waals surface area contributed by atoms with E-state index in [1.807, 2.05) is 25.1 Å². The van der Waals surface area contributed by atoms with E-state index in [1.165, 1.54) is 0 Å². The Kier molecular flexibility index (Phi) is 5.33. The van der Waals surface area contributed by atoms with Crippen molar-refractivity contribution in [2.45, 2.75) is 38.3 Å². The molecule has 0 unspecified atom stereocenters. The Balaban J connectivity index is 1.35. The van der Waals surface area contributed by atoms with E-state index in [0.29, 0.717) is 23.4 Å².